The average Bonchev–Trinajstić information content (AvgIpc) is 1.85. The van der Waals surface area contributed by atoms with Gasteiger partial charge in [-0.05, 0) is 0 Å². The lowest BCUT2D eigenvalue weighted by molar-refractivity contribution is 1.44. The van der Waals surface area contributed by atoms with Crippen LogP contribution in [0, 0.1) is 0 Å². The van der Waals surface area contributed by atoms with Crippen molar-refractivity contribution < 1.29 is 0 Å². The molecule has 0 aliphatic heterocycles. The van der Waals surface area contributed by atoms with Crippen molar-refractivity contribution in [2.75, 3.05) is 0 Å². The molecule has 0 aliphatic carbocycles. The van der Waals surface area contributed by atoms with Gasteiger partial charge in [0.2, 0.25) is 0 Å². The Balaban J connectivity index is 0. The van der Waals surface area contributed by atoms with Crippen LogP contribution in [0.5, 0.6) is 0 Å². The van der Waals surface area contributed by atoms with E-state index in [1.54, 1.807) is 12.2 Å². The average molecular weight is 187 g/mol. The summed E-state index contributed by atoms with van der Waals surface area (Å²) in [6.07, 6.45) is 3.28. The molecule has 0 bridgehead atoms. The van der Waals surface area contributed by atoms with Crippen molar-refractivity contribution in [3.63, 3.8) is 0 Å². The molecule has 1 nitrogen and oxygen atoms in total. The molecule has 11 heavy (non-hydrogen) atoms. The van der Waals surface area contributed by atoms with Crippen molar-refractivity contribution in [1.29, 1.82) is 0 Å². The number of nitrogens with one attached hydrogen (secondary N) is 1. The number of hydrogen-bond donors (Lipinski definition) is 1. The van der Waals surface area contributed by atoms with Gasteiger partial charge in [0.25, 0.3) is 0 Å². The molecule has 0 saturated heterocycles. The molecule has 66 valence electrons. The molecule has 0 atom stereocenters. The molecule has 0 aromatic heterocycles. The number of rotatable bonds is 3. The highest BCUT2D eigenvalue weighted by Gasteiger charge is 1.96. The van der Waals surface area contributed by atoms with Crippen molar-refractivity contribution in [3.8, 4) is 0 Å². The van der Waals surface area contributed by atoms with Gasteiger partial charge < -0.3 is 4.65 Å². The first kappa shape index (κ1) is 13.5. The lowest BCUT2D eigenvalue weighted by atomic mass is 10.6. The van der Waals surface area contributed by atoms with E-state index in [-0.39, 0.29) is 0 Å². The second kappa shape index (κ2) is 9.87. The molecule has 0 unspecified atom stereocenters. The fraction of sp³-hybridized carbons (Fsp3) is 0.500. The maximum absolute atomic E-state index is 3.58. The molecule has 0 aliphatic rings. The van der Waals surface area contributed by atoms with E-state index < -0.39 is 17.9 Å². The van der Waals surface area contributed by atoms with E-state index in [4.69, 9.17) is 0 Å². The van der Waals surface area contributed by atoms with Gasteiger partial charge in [0, 0.05) is 0 Å². The minimum atomic E-state index is -0.417. The summed E-state index contributed by atoms with van der Waals surface area (Å²) in [5, 5.41) is 0. The number of allylic oxidation sites excluding steroid dienone is 2. The SMILES string of the molecule is C=CC=C.C[SiH](C)N[SiH](C)C. The van der Waals surface area contributed by atoms with Gasteiger partial charge in [0.1, 0.15) is 0 Å². The second-order valence-corrected chi connectivity index (χ2v) is 8.90. The van der Waals surface area contributed by atoms with Crippen LogP contribution in [0.3, 0.4) is 0 Å². The standard InChI is InChI=1S/C4H15NSi2.C4H6/c1-6(2)5-7(3)4;1-3-4-2/h5-7H,1-4H3;3-4H,1-2H2. The minimum absolute atomic E-state index is 0.417. The van der Waals surface area contributed by atoms with Crippen LogP contribution in [0.2, 0.25) is 26.2 Å². The Morgan fingerprint density at radius 3 is 1.18 bits per heavy atom. The Morgan fingerprint density at radius 1 is 0.909 bits per heavy atom. The number of hydrogen-bond acceptors (Lipinski definition) is 1. The first-order chi connectivity index (χ1) is 5.04. The van der Waals surface area contributed by atoms with Gasteiger partial charge in [0.05, 0.1) is 17.9 Å². The first-order valence-electron chi connectivity index (χ1n) is 4.04. The molecule has 3 heteroatoms. The van der Waals surface area contributed by atoms with Crippen LogP contribution >= 0.6 is 0 Å². The van der Waals surface area contributed by atoms with E-state index in [9.17, 15) is 0 Å². The van der Waals surface area contributed by atoms with E-state index in [1.807, 2.05) is 0 Å². The minimum Gasteiger partial charge on any atom is -0.365 e. The molecule has 1 N–H and O–H groups in total. The highest BCUT2D eigenvalue weighted by atomic mass is 28.3. The predicted octanol–water partition coefficient (Wildman–Crippen LogP) is 1.90. The molecule has 0 spiro atoms. The van der Waals surface area contributed by atoms with Gasteiger partial charge in [-0.1, -0.05) is 51.5 Å². The summed E-state index contributed by atoms with van der Waals surface area (Å²) < 4.78 is 3.58. The molecular weight excluding hydrogens is 166 g/mol. The van der Waals surface area contributed by atoms with Gasteiger partial charge in [-0.25, -0.2) is 0 Å². The molecule has 0 saturated carbocycles. The predicted molar refractivity (Wildman–Crippen MR) is 61.3 cm³/mol. The zero-order valence-corrected chi connectivity index (χ0v) is 10.5. The summed E-state index contributed by atoms with van der Waals surface area (Å²) >= 11 is 0. The molecule has 0 radical (unpaired) electrons. The molecular formula is C8H21NSi2. The zero-order chi connectivity index (χ0) is 9.28. The van der Waals surface area contributed by atoms with E-state index in [2.05, 4.69) is 44.0 Å². The van der Waals surface area contributed by atoms with Crippen LogP contribution in [0.25, 0.3) is 0 Å². The highest BCUT2D eigenvalue weighted by molar-refractivity contribution is 6.70. The molecule has 0 aromatic carbocycles. The summed E-state index contributed by atoms with van der Waals surface area (Å²) in [5.74, 6) is 0. The fourth-order valence-electron chi connectivity index (χ4n) is 0.667. The van der Waals surface area contributed by atoms with Crippen LogP contribution < -0.4 is 4.65 Å². The van der Waals surface area contributed by atoms with Gasteiger partial charge in [-0.3, -0.25) is 0 Å². The smallest absolute Gasteiger partial charge is 0.0953 e. The van der Waals surface area contributed by atoms with Gasteiger partial charge in [0.15, 0.2) is 0 Å². The van der Waals surface area contributed by atoms with E-state index in [0.717, 1.165) is 0 Å². The third-order valence-electron chi connectivity index (χ3n) is 0.833. The lowest BCUT2D eigenvalue weighted by Gasteiger charge is -2.07. The third-order valence-corrected chi connectivity index (χ3v) is 6.17. The van der Waals surface area contributed by atoms with Crippen molar-refractivity contribution in [2.24, 2.45) is 0 Å². The monoisotopic (exact) mass is 187 g/mol. The third kappa shape index (κ3) is 25.8. The fourth-order valence-corrected chi connectivity index (χ4v) is 6.00. The molecule has 0 heterocycles. The summed E-state index contributed by atoms with van der Waals surface area (Å²) in [7, 11) is -0.833. The molecule has 0 fully saturated rings. The van der Waals surface area contributed by atoms with Crippen LogP contribution in [0.15, 0.2) is 25.3 Å². The van der Waals surface area contributed by atoms with Crippen molar-refractivity contribution in [2.45, 2.75) is 26.2 Å². The largest absolute Gasteiger partial charge is 0.365 e. The topological polar surface area (TPSA) is 12.0 Å². The van der Waals surface area contributed by atoms with Crippen LogP contribution in [-0.4, -0.2) is 17.9 Å². The quantitative estimate of drug-likeness (QED) is 0.526. The van der Waals surface area contributed by atoms with Crippen molar-refractivity contribution >= 4 is 17.9 Å². The van der Waals surface area contributed by atoms with E-state index in [1.165, 1.54) is 0 Å². The van der Waals surface area contributed by atoms with Crippen LogP contribution in [0.4, 0.5) is 0 Å². The summed E-state index contributed by atoms with van der Waals surface area (Å²) in [4.78, 5) is 0. The lowest BCUT2D eigenvalue weighted by Crippen LogP contribution is -2.36. The summed E-state index contributed by atoms with van der Waals surface area (Å²) in [5.41, 5.74) is 0. The summed E-state index contributed by atoms with van der Waals surface area (Å²) in [6.45, 7) is 16.0. The molecule has 0 rings (SSSR count). The Kier molecular flexibility index (Phi) is 12.1. The Hall–Kier alpha value is -0.126. The van der Waals surface area contributed by atoms with Crippen LogP contribution in [0.1, 0.15) is 0 Å². The Labute approximate surface area is 74.6 Å². The van der Waals surface area contributed by atoms with Crippen molar-refractivity contribution in [3.05, 3.63) is 25.3 Å². The highest BCUT2D eigenvalue weighted by Crippen LogP contribution is 1.75. The zero-order valence-electron chi connectivity index (χ0n) is 8.22. The van der Waals surface area contributed by atoms with Gasteiger partial charge >= 0.3 is 0 Å². The first-order valence-corrected chi connectivity index (χ1v) is 9.81. The Bertz CT molecular complexity index is 88.3. The maximum Gasteiger partial charge on any atom is 0.0953 e. The Morgan fingerprint density at radius 2 is 1.18 bits per heavy atom. The second-order valence-electron chi connectivity index (χ2n) is 2.95. The van der Waals surface area contributed by atoms with E-state index >= 15 is 0 Å². The van der Waals surface area contributed by atoms with Crippen molar-refractivity contribution in [1.82, 2.24) is 4.65 Å². The van der Waals surface area contributed by atoms with E-state index in [0.29, 0.717) is 0 Å². The molecule has 0 amide bonds. The maximum atomic E-state index is 3.58. The van der Waals surface area contributed by atoms with Gasteiger partial charge in [-0.2, -0.15) is 0 Å². The molecule has 0 aromatic rings. The summed E-state index contributed by atoms with van der Waals surface area (Å²) in [6, 6.07) is 0. The normalized spacial score (nSPS) is 8.91. The van der Waals surface area contributed by atoms with Crippen LogP contribution in [-0.2, 0) is 0 Å². The van der Waals surface area contributed by atoms with Gasteiger partial charge in [-0.15, -0.1) is 0 Å².